The highest BCUT2D eigenvalue weighted by molar-refractivity contribution is 8.00. The molecular formula is C45H81N7O15S2. The summed E-state index contributed by atoms with van der Waals surface area (Å²) < 4.78 is 50.6. The van der Waals surface area contributed by atoms with Gasteiger partial charge in [0, 0.05) is 67.6 Å². The summed E-state index contributed by atoms with van der Waals surface area (Å²) in [5, 5.41) is 27.2. The third kappa shape index (κ3) is 27.6. The van der Waals surface area contributed by atoms with Crippen LogP contribution >= 0.6 is 23.5 Å². The van der Waals surface area contributed by atoms with Crippen molar-refractivity contribution in [2.24, 2.45) is 0 Å². The Labute approximate surface area is 416 Å². The molecule has 0 saturated carbocycles. The van der Waals surface area contributed by atoms with E-state index in [0.29, 0.717) is 168 Å². The van der Waals surface area contributed by atoms with Gasteiger partial charge < -0.3 is 79.6 Å². The van der Waals surface area contributed by atoms with Gasteiger partial charge in [-0.15, -0.1) is 0 Å². The van der Waals surface area contributed by atoms with Crippen molar-refractivity contribution < 1.29 is 71.7 Å². The number of urea groups is 2. The van der Waals surface area contributed by atoms with Crippen LogP contribution in [0.5, 0.6) is 0 Å². The quantitative estimate of drug-likeness (QED) is 0.0325. The maximum absolute atomic E-state index is 12.2. The molecule has 7 N–H and O–H groups in total. The van der Waals surface area contributed by atoms with E-state index in [1.165, 1.54) is 0 Å². The third-order valence-corrected chi connectivity index (χ3v) is 14.7. The van der Waals surface area contributed by atoms with Crippen molar-refractivity contribution in [3.63, 3.8) is 0 Å². The lowest BCUT2D eigenvalue weighted by molar-refractivity contribution is -0.138. The van der Waals surface area contributed by atoms with Crippen LogP contribution in [0.25, 0.3) is 0 Å². The third-order valence-electron chi connectivity index (χ3n) is 11.6. The standard InChI is InChI=1S/C45H81N7O15S2/c53-39(7-3-1-5-37-42-35(33-68-37)48-44(57)50-42)46-10-16-60-22-28-66-31-25-63-19-13-52(12-18-62-24-30-65-27-21-59-15-9-41(55)56)14-20-64-26-32-67-29-23-61-17-11-47-40(54)8-4-2-6-38-43-36(34-69-38)49-45(58)51-43/h35-38,42-43H,1-34H2,(H,46,53)(H,47,54)(H,55,56)(H2,48,50,57)(H2,49,51,58)/t35-,36-,37-,38-,42-,43-/m0/s1. The summed E-state index contributed by atoms with van der Waals surface area (Å²) in [5.74, 6) is 1.04. The number of hydrogen-bond acceptors (Lipinski definition) is 17. The van der Waals surface area contributed by atoms with E-state index in [0.717, 1.165) is 50.0 Å². The van der Waals surface area contributed by atoms with E-state index >= 15 is 0 Å². The molecule has 0 spiro atoms. The smallest absolute Gasteiger partial charge is 0.315 e. The molecule has 0 aliphatic carbocycles. The molecule has 4 aliphatic rings. The molecule has 6 atom stereocenters. The second kappa shape index (κ2) is 37.9. The number of amides is 6. The first-order valence-corrected chi connectivity index (χ1v) is 26.9. The molecule has 0 aromatic heterocycles. The first-order valence-electron chi connectivity index (χ1n) is 24.8. The Balaban J connectivity index is 0.918. The molecule has 24 heteroatoms. The van der Waals surface area contributed by atoms with Crippen LogP contribution in [0.2, 0.25) is 0 Å². The summed E-state index contributed by atoms with van der Waals surface area (Å²) in [6.45, 7) is 10.5. The molecular weight excluding hydrogens is 943 g/mol. The molecule has 4 heterocycles. The maximum atomic E-state index is 12.2. The van der Waals surface area contributed by atoms with Crippen molar-refractivity contribution in [3.8, 4) is 0 Å². The monoisotopic (exact) mass is 1020 g/mol. The van der Waals surface area contributed by atoms with E-state index in [1.807, 2.05) is 23.5 Å². The zero-order valence-electron chi connectivity index (χ0n) is 40.4. The zero-order valence-corrected chi connectivity index (χ0v) is 42.1. The Morgan fingerprint density at radius 3 is 1.20 bits per heavy atom. The van der Waals surface area contributed by atoms with Gasteiger partial charge in [-0.25, -0.2) is 9.59 Å². The van der Waals surface area contributed by atoms with Gasteiger partial charge in [0.05, 0.1) is 150 Å². The van der Waals surface area contributed by atoms with Gasteiger partial charge in [0.1, 0.15) is 0 Å². The zero-order chi connectivity index (χ0) is 49.0. The molecule has 6 amide bonds. The summed E-state index contributed by atoms with van der Waals surface area (Å²) in [6.07, 6.45) is 6.47. The lowest BCUT2D eigenvalue weighted by atomic mass is 10.0. The van der Waals surface area contributed by atoms with Crippen LogP contribution < -0.4 is 31.9 Å². The fourth-order valence-electron chi connectivity index (χ4n) is 7.95. The van der Waals surface area contributed by atoms with E-state index in [9.17, 15) is 24.0 Å². The Hall–Kier alpha value is -2.75. The Bertz CT molecular complexity index is 1350. The van der Waals surface area contributed by atoms with Gasteiger partial charge in [0.25, 0.3) is 0 Å². The highest BCUT2D eigenvalue weighted by atomic mass is 32.2. The van der Waals surface area contributed by atoms with E-state index < -0.39 is 5.97 Å². The van der Waals surface area contributed by atoms with E-state index in [1.54, 1.807) is 0 Å². The number of nitrogens with zero attached hydrogens (tertiary/aromatic N) is 1. The Morgan fingerprint density at radius 2 is 0.826 bits per heavy atom. The van der Waals surface area contributed by atoms with E-state index in [2.05, 4.69) is 36.8 Å². The summed E-state index contributed by atoms with van der Waals surface area (Å²) in [7, 11) is 0. The number of hydrogen-bond donors (Lipinski definition) is 7. The highest BCUT2D eigenvalue weighted by Crippen LogP contribution is 2.34. The number of carbonyl (C=O) groups excluding carboxylic acids is 4. The Kier molecular flexibility index (Phi) is 32.3. The van der Waals surface area contributed by atoms with Gasteiger partial charge in [-0.3, -0.25) is 19.3 Å². The van der Waals surface area contributed by atoms with Crippen molar-refractivity contribution in [1.82, 2.24) is 36.8 Å². The van der Waals surface area contributed by atoms with Gasteiger partial charge in [0.15, 0.2) is 0 Å². The highest BCUT2D eigenvalue weighted by Gasteiger charge is 2.43. The molecule has 0 aromatic carbocycles. The number of nitrogens with one attached hydrogen (secondary N) is 6. The van der Waals surface area contributed by atoms with Gasteiger partial charge in [-0.1, -0.05) is 12.8 Å². The number of carbonyl (C=O) groups is 5. The van der Waals surface area contributed by atoms with E-state index in [4.69, 9.17) is 47.7 Å². The molecule has 0 bridgehead atoms. The molecule has 22 nitrogen and oxygen atoms in total. The topological polar surface area (TPSA) is 264 Å². The lowest BCUT2D eigenvalue weighted by Gasteiger charge is -2.22. The first kappa shape index (κ1) is 58.8. The van der Waals surface area contributed by atoms with Crippen LogP contribution in [0.4, 0.5) is 9.59 Å². The van der Waals surface area contributed by atoms with Crippen LogP contribution in [0.3, 0.4) is 0 Å². The fourth-order valence-corrected chi connectivity index (χ4v) is 11.0. The van der Waals surface area contributed by atoms with Crippen LogP contribution in [-0.4, -0.2) is 238 Å². The minimum Gasteiger partial charge on any atom is -0.481 e. The second-order valence-corrected chi connectivity index (χ2v) is 19.5. The van der Waals surface area contributed by atoms with Gasteiger partial charge in [-0.05, 0) is 25.7 Å². The number of thioether (sulfide) groups is 2. The summed E-state index contributed by atoms with van der Waals surface area (Å²) in [5.41, 5.74) is 0. The number of carboxylic acid groups (broad SMARTS) is 1. The minimum atomic E-state index is -0.893. The van der Waals surface area contributed by atoms with Crippen molar-refractivity contribution in [2.45, 2.75) is 92.5 Å². The molecule has 69 heavy (non-hydrogen) atoms. The molecule has 4 rings (SSSR count). The number of rotatable bonds is 46. The minimum absolute atomic E-state index is 0.0235. The maximum Gasteiger partial charge on any atom is 0.315 e. The lowest BCUT2D eigenvalue weighted by Crippen LogP contribution is -2.36. The number of aliphatic carboxylic acids is 1. The van der Waals surface area contributed by atoms with Crippen LogP contribution in [-0.2, 0) is 57.0 Å². The number of fused-ring (bicyclic) bond motifs is 2. The fraction of sp³-hybridized carbons (Fsp3) is 0.889. The Morgan fingerprint density at radius 1 is 0.478 bits per heavy atom. The van der Waals surface area contributed by atoms with Crippen LogP contribution in [0, 0.1) is 0 Å². The average Bonchev–Trinajstić information content (AvgIpc) is 4.10. The predicted octanol–water partition coefficient (Wildman–Crippen LogP) is 0.597. The van der Waals surface area contributed by atoms with Crippen LogP contribution in [0.15, 0.2) is 0 Å². The molecule has 0 unspecified atom stereocenters. The molecule has 4 aliphatic heterocycles. The summed E-state index contributed by atoms with van der Waals surface area (Å²) >= 11 is 3.78. The molecule has 0 aromatic rings. The second-order valence-electron chi connectivity index (χ2n) is 16.9. The van der Waals surface area contributed by atoms with Crippen LogP contribution in [0.1, 0.15) is 57.8 Å². The molecule has 4 fully saturated rings. The summed E-state index contributed by atoms with van der Waals surface area (Å²) in [4.78, 5) is 60.2. The predicted molar refractivity (Wildman–Crippen MR) is 260 cm³/mol. The van der Waals surface area contributed by atoms with Gasteiger partial charge in [0.2, 0.25) is 11.8 Å². The summed E-state index contributed by atoms with van der Waals surface area (Å²) in [6, 6.07) is 0.708. The number of carboxylic acids is 1. The van der Waals surface area contributed by atoms with Crippen molar-refractivity contribution >= 4 is 53.4 Å². The van der Waals surface area contributed by atoms with Gasteiger partial charge >= 0.3 is 18.0 Å². The number of ether oxygens (including phenoxy) is 9. The SMILES string of the molecule is O=C(O)CCOCCOCCOCCN(CCOCCOCCOCCNC(=O)CCCC[C@@H]1SC[C@@H]2NC(=O)N[C@@H]21)CCOCCOCCOCCNC(=O)CCCC[C@@H]1SC[C@@H]2NC(=O)N[C@@H]21. The molecule has 398 valence electrons. The van der Waals surface area contributed by atoms with Crippen molar-refractivity contribution in [2.75, 3.05) is 163 Å². The number of unbranched alkanes of at least 4 members (excludes halogenated alkanes) is 2. The largest absolute Gasteiger partial charge is 0.481 e. The molecule has 0 radical (unpaired) electrons. The van der Waals surface area contributed by atoms with Gasteiger partial charge in [-0.2, -0.15) is 23.5 Å². The van der Waals surface area contributed by atoms with Crippen molar-refractivity contribution in [3.05, 3.63) is 0 Å². The average molecular weight is 1020 g/mol. The molecule has 4 saturated heterocycles. The normalized spacial score (nSPS) is 21.5. The van der Waals surface area contributed by atoms with Crippen molar-refractivity contribution in [1.29, 1.82) is 0 Å². The van der Waals surface area contributed by atoms with E-state index in [-0.39, 0.29) is 61.1 Å². The first-order chi connectivity index (χ1) is 33.8.